The van der Waals surface area contributed by atoms with Gasteiger partial charge in [0, 0.05) is 32.1 Å². The van der Waals surface area contributed by atoms with E-state index in [1.165, 1.54) is 4.31 Å². The molecule has 0 radical (unpaired) electrons. The van der Waals surface area contributed by atoms with E-state index >= 15 is 0 Å². The van der Waals surface area contributed by atoms with Crippen LogP contribution in [0.15, 0.2) is 29.2 Å². The Morgan fingerprint density at radius 2 is 1.69 bits per heavy atom. The zero-order valence-electron chi connectivity index (χ0n) is 15.5. The van der Waals surface area contributed by atoms with Crippen LogP contribution in [-0.4, -0.2) is 60.9 Å². The summed E-state index contributed by atoms with van der Waals surface area (Å²) in [5.41, 5.74) is 1.02. The van der Waals surface area contributed by atoms with Crippen molar-refractivity contribution < 1.29 is 18.3 Å². The van der Waals surface area contributed by atoms with Crippen LogP contribution in [0.3, 0.4) is 0 Å². The van der Waals surface area contributed by atoms with Crippen molar-refractivity contribution in [1.29, 1.82) is 0 Å². The summed E-state index contributed by atoms with van der Waals surface area (Å²) in [7, 11) is -3.49. The molecule has 3 rings (SSSR count). The molecule has 0 aromatic heterocycles. The maximum atomic E-state index is 12.8. The molecule has 26 heavy (non-hydrogen) atoms. The summed E-state index contributed by atoms with van der Waals surface area (Å²) >= 11 is 0. The van der Waals surface area contributed by atoms with Crippen LogP contribution in [-0.2, 0) is 14.8 Å². The molecule has 0 bridgehead atoms. The normalized spacial score (nSPS) is 26.0. The van der Waals surface area contributed by atoms with Crippen LogP contribution in [0.4, 0.5) is 0 Å². The SMILES string of the molecule is Cc1ccc(S(=O)(=O)N2CCC(C(=O)N3CC[C@@H](O)[C@H](C)C3)CC2)cc1. The van der Waals surface area contributed by atoms with Crippen molar-refractivity contribution in [1.82, 2.24) is 9.21 Å². The van der Waals surface area contributed by atoms with Crippen LogP contribution in [0.25, 0.3) is 0 Å². The molecule has 1 aromatic rings. The molecule has 1 N–H and O–H groups in total. The Morgan fingerprint density at radius 3 is 2.27 bits per heavy atom. The van der Waals surface area contributed by atoms with Gasteiger partial charge in [0.25, 0.3) is 0 Å². The quantitative estimate of drug-likeness (QED) is 0.864. The Labute approximate surface area is 155 Å². The number of hydrogen-bond acceptors (Lipinski definition) is 4. The van der Waals surface area contributed by atoms with Gasteiger partial charge in [0.15, 0.2) is 0 Å². The number of hydrogen-bond donors (Lipinski definition) is 1. The summed E-state index contributed by atoms with van der Waals surface area (Å²) in [6.07, 6.45) is 1.39. The second-order valence-corrected chi connectivity index (χ2v) is 9.55. The third-order valence-electron chi connectivity index (χ3n) is 5.63. The van der Waals surface area contributed by atoms with Gasteiger partial charge in [-0.15, -0.1) is 0 Å². The number of aryl methyl sites for hydroxylation is 1. The molecule has 0 aliphatic carbocycles. The standard InChI is InChI=1S/C19H28N2O4S/c1-14-3-5-17(6-4-14)26(24,25)21-11-7-16(8-12-21)19(23)20-10-9-18(22)15(2)13-20/h3-6,15-16,18,22H,7-13H2,1-2H3/t15-,18-/m1/s1. The fraction of sp³-hybridized carbons (Fsp3) is 0.632. The highest BCUT2D eigenvalue weighted by atomic mass is 32.2. The molecular formula is C19H28N2O4S. The Morgan fingerprint density at radius 1 is 1.08 bits per heavy atom. The smallest absolute Gasteiger partial charge is 0.243 e. The molecule has 1 amide bonds. The lowest BCUT2D eigenvalue weighted by Crippen LogP contribution is -2.49. The highest BCUT2D eigenvalue weighted by Crippen LogP contribution is 2.27. The molecule has 1 aromatic carbocycles. The first-order chi connectivity index (χ1) is 12.3. The van der Waals surface area contributed by atoms with E-state index in [1.807, 2.05) is 18.7 Å². The minimum atomic E-state index is -3.49. The van der Waals surface area contributed by atoms with E-state index in [0.29, 0.717) is 50.3 Å². The van der Waals surface area contributed by atoms with Gasteiger partial charge >= 0.3 is 0 Å². The Hall–Kier alpha value is -1.44. The number of aliphatic hydroxyl groups excluding tert-OH is 1. The predicted octanol–water partition coefficient (Wildman–Crippen LogP) is 1.63. The minimum Gasteiger partial charge on any atom is -0.393 e. The van der Waals surface area contributed by atoms with E-state index in [-0.39, 0.29) is 23.8 Å². The second-order valence-electron chi connectivity index (χ2n) is 7.61. The predicted molar refractivity (Wildman–Crippen MR) is 99.0 cm³/mol. The fourth-order valence-electron chi connectivity index (χ4n) is 3.79. The second kappa shape index (κ2) is 7.66. The molecule has 2 saturated heterocycles. The number of rotatable bonds is 3. The van der Waals surface area contributed by atoms with Gasteiger partial charge in [0.05, 0.1) is 11.0 Å². The third-order valence-corrected chi connectivity index (χ3v) is 7.55. The summed E-state index contributed by atoms with van der Waals surface area (Å²) in [5.74, 6) is 0.0766. The average Bonchev–Trinajstić information content (AvgIpc) is 2.64. The Kier molecular flexibility index (Phi) is 5.69. The first-order valence-electron chi connectivity index (χ1n) is 9.32. The van der Waals surface area contributed by atoms with Crippen molar-refractivity contribution in [3.63, 3.8) is 0 Å². The number of carbonyl (C=O) groups excluding carboxylic acids is 1. The molecule has 2 aliphatic heterocycles. The van der Waals surface area contributed by atoms with Crippen molar-refractivity contribution in [2.24, 2.45) is 11.8 Å². The first-order valence-corrected chi connectivity index (χ1v) is 10.8. The average molecular weight is 381 g/mol. The summed E-state index contributed by atoms with van der Waals surface area (Å²) in [6.45, 7) is 5.81. The van der Waals surface area contributed by atoms with Gasteiger partial charge in [0.2, 0.25) is 15.9 Å². The van der Waals surface area contributed by atoms with Gasteiger partial charge < -0.3 is 10.0 Å². The van der Waals surface area contributed by atoms with Crippen LogP contribution >= 0.6 is 0 Å². The van der Waals surface area contributed by atoms with Crippen molar-refractivity contribution in [3.8, 4) is 0 Å². The molecule has 0 spiro atoms. The van der Waals surface area contributed by atoms with E-state index in [2.05, 4.69) is 0 Å². The van der Waals surface area contributed by atoms with Gasteiger partial charge in [-0.25, -0.2) is 8.42 Å². The number of nitrogens with zero attached hydrogens (tertiary/aromatic N) is 2. The van der Waals surface area contributed by atoms with Crippen molar-refractivity contribution in [3.05, 3.63) is 29.8 Å². The van der Waals surface area contributed by atoms with Crippen LogP contribution in [0.5, 0.6) is 0 Å². The molecule has 2 heterocycles. The van der Waals surface area contributed by atoms with Gasteiger partial charge in [-0.3, -0.25) is 4.79 Å². The number of aliphatic hydroxyl groups is 1. The van der Waals surface area contributed by atoms with Crippen molar-refractivity contribution in [2.45, 2.75) is 44.1 Å². The highest BCUT2D eigenvalue weighted by Gasteiger charge is 2.35. The molecule has 2 fully saturated rings. The maximum Gasteiger partial charge on any atom is 0.243 e. The first kappa shape index (κ1) is 19.3. The third kappa shape index (κ3) is 3.94. The number of sulfonamides is 1. The largest absolute Gasteiger partial charge is 0.393 e. The summed E-state index contributed by atoms with van der Waals surface area (Å²) in [4.78, 5) is 14.9. The molecule has 6 nitrogen and oxygen atoms in total. The Balaban J connectivity index is 1.60. The lowest BCUT2D eigenvalue weighted by molar-refractivity contribution is -0.140. The fourth-order valence-corrected chi connectivity index (χ4v) is 5.26. The lowest BCUT2D eigenvalue weighted by Gasteiger charge is -2.38. The highest BCUT2D eigenvalue weighted by molar-refractivity contribution is 7.89. The summed E-state index contributed by atoms with van der Waals surface area (Å²) < 4.78 is 27.0. The van der Waals surface area contributed by atoms with Crippen LogP contribution < -0.4 is 0 Å². The van der Waals surface area contributed by atoms with Crippen LogP contribution in [0.1, 0.15) is 31.7 Å². The topological polar surface area (TPSA) is 77.9 Å². The molecule has 0 saturated carbocycles. The molecule has 144 valence electrons. The zero-order valence-corrected chi connectivity index (χ0v) is 16.3. The van der Waals surface area contributed by atoms with E-state index in [9.17, 15) is 18.3 Å². The van der Waals surface area contributed by atoms with E-state index in [0.717, 1.165) is 5.56 Å². The summed E-state index contributed by atoms with van der Waals surface area (Å²) in [5, 5.41) is 9.83. The lowest BCUT2D eigenvalue weighted by atomic mass is 9.92. The van der Waals surface area contributed by atoms with Gasteiger partial charge in [-0.05, 0) is 44.2 Å². The van der Waals surface area contributed by atoms with Gasteiger partial charge in [-0.1, -0.05) is 24.6 Å². The van der Waals surface area contributed by atoms with E-state index in [4.69, 9.17) is 0 Å². The van der Waals surface area contributed by atoms with Crippen LogP contribution in [0.2, 0.25) is 0 Å². The number of carbonyl (C=O) groups is 1. The molecule has 2 aliphatic rings. The minimum absolute atomic E-state index is 0.0923. The Bertz CT molecular complexity index is 739. The molecule has 2 atom stereocenters. The van der Waals surface area contributed by atoms with Crippen LogP contribution in [0, 0.1) is 18.8 Å². The number of benzene rings is 1. The molecular weight excluding hydrogens is 352 g/mol. The van der Waals surface area contributed by atoms with Gasteiger partial charge in [-0.2, -0.15) is 4.31 Å². The maximum absolute atomic E-state index is 12.8. The monoisotopic (exact) mass is 380 g/mol. The summed E-state index contributed by atoms with van der Waals surface area (Å²) in [6, 6.07) is 6.88. The zero-order chi connectivity index (χ0) is 18.9. The molecule has 0 unspecified atom stereocenters. The van der Waals surface area contributed by atoms with Crippen molar-refractivity contribution in [2.75, 3.05) is 26.2 Å². The number of amides is 1. The number of piperidine rings is 2. The van der Waals surface area contributed by atoms with E-state index in [1.54, 1.807) is 24.3 Å². The number of likely N-dealkylation sites (tertiary alicyclic amines) is 1. The molecule has 7 heteroatoms. The van der Waals surface area contributed by atoms with E-state index < -0.39 is 10.0 Å². The van der Waals surface area contributed by atoms with Gasteiger partial charge in [0.1, 0.15) is 0 Å². The van der Waals surface area contributed by atoms with Crippen molar-refractivity contribution >= 4 is 15.9 Å².